The molecule has 1 aromatic carbocycles. The van der Waals surface area contributed by atoms with Gasteiger partial charge in [0.25, 0.3) is 5.56 Å². The maximum atomic E-state index is 12.3. The number of benzene rings is 1. The summed E-state index contributed by atoms with van der Waals surface area (Å²) < 4.78 is 0.812. The first-order chi connectivity index (χ1) is 10.8. The standard InChI is InChI=1S/C15H17N3O5/c1-9(14(21)22)7-17(2)12(19)8-18-13(20)10-5-3-4-6-11(10)16-15(18)23/h3-6,9H,7-8H2,1-2H3,(H,16,23)(H,21,22). The molecule has 0 bridgehead atoms. The van der Waals surface area contributed by atoms with E-state index in [1.807, 2.05) is 0 Å². The van der Waals surface area contributed by atoms with E-state index in [9.17, 15) is 19.2 Å². The summed E-state index contributed by atoms with van der Waals surface area (Å²) in [6.07, 6.45) is 0. The van der Waals surface area contributed by atoms with Crippen LogP contribution < -0.4 is 11.2 Å². The highest BCUT2D eigenvalue weighted by atomic mass is 16.4. The molecule has 1 atom stereocenters. The van der Waals surface area contributed by atoms with E-state index < -0.39 is 35.6 Å². The van der Waals surface area contributed by atoms with Crippen LogP contribution in [0.1, 0.15) is 6.92 Å². The Hall–Kier alpha value is -2.90. The Balaban J connectivity index is 2.28. The zero-order chi connectivity index (χ0) is 17.1. The second-order valence-corrected chi connectivity index (χ2v) is 5.38. The Morgan fingerprint density at radius 2 is 1.96 bits per heavy atom. The molecule has 0 aliphatic rings. The monoisotopic (exact) mass is 319 g/mol. The van der Waals surface area contributed by atoms with Gasteiger partial charge < -0.3 is 15.0 Å². The quantitative estimate of drug-likeness (QED) is 0.797. The summed E-state index contributed by atoms with van der Waals surface area (Å²) in [6.45, 7) is 1.03. The highest BCUT2D eigenvalue weighted by Gasteiger charge is 2.19. The molecule has 2 aromatic rings. The Morgan fingerprint density at radius 3 is 2.61 bits per heavy atom. The van der Waals surface area contributed by atoms with Crippen LogP contribution in [-0.4, -0.2) is 45.0 Å². The summed E-state index contributed by atoms with van der Waals surface area (Å²) in [5.74, 6) is -2.28. The van der Waals surface area contributed by atoms with Crippen molar-refractivity contribution < 1.29 is 14.7 Å². The maximum Gasteiger partial charge on any atom is 0.329 e. The summed E-state index contributed by atoms with van der Waals surface area (Å²) in [6, 6.07) is 6.51. The van der Waals surface area contributed by atoms with Crippen molar-refractivity contribution in [1.29, 1.82) is 0 Å². The van der Waals surface area contributed by atoms with Crippen LogP contribution in [0.4, 0.5) is 0 Å². The van der Waals surface area contributed by atoms with Gasteiger partial charge in [-0.05, 0) is 12.1 Å². The fourth-order valence-electron chi connectivity index (χ4n) is 2.19. The molecular formula is C15H17N3O5. The number of hydrogen-bond acceptors (Lipinski definition) is 4. The van der Waals surface area contributed by atoms with E-state index in [0.29, 0.717) is 10.9 Å². The van der Waals surface area contributed by atoms with Crippen LogP contribution in [0.3, 0.4) is 0 Å². The fraction of sp³-hybridized carbons (Fsp3) is 0.333. The third kappa shape index (κ3) is 3.47. The number of aromatic amines is 1. The maximum absolute atomic E-state index is 12.3. The molecule has 8 nitrogen and oxygen atoms in total. The van der Waals surface area contributed by atoms with Gasteiger partial charge >= 0.3 is 11.7 Å². The molecule has 1 amide bonds. The number of H-pyrrole nitrogens is 1. The molecular weight excluding hydrogens is 302 g/mol. The van der Waals surface area contributed by atoms with Crippen molar-refractivity contribution >= 4 is 22.8 Å². The Bertz CT molecular complexity index is 867. The fourth-order valence-corrected chi connectivity index (χ4v) is 2.19. The van der Waals surface area contributed by atoms with Gasteiger partial charge in [0, 0.05) is 13.6 Å². The van der Waals surface area contributed by atoms with E-state index in [1.165, 1.54) is 18.9 Å². The summed E-state index contributed by atoms with van der Waals surface area (Å²) in [5, 5.41) is 9.17. The van der Waals surface area contributed by atoms with Gasteiger partial charge in [-0.3, -0.25) is 19.0 Å². The van der Waals surface area contributed by atoms with Crippen LogP contribution in [0.5, 0.6) is 0 Å². The highest BCUT2D eigenvalue weighted by Crippen LogP contribution is 2.03. The summed E-state index contributed by atoms with van der Waals surface area (Å²) >= 11 is 0. The predicted molar refractivity (Wildman–Crippen MR) is 83.3 cm³/mol. The number of carboxylic acids is 1. The first-order valence-corrected chi connectivity index (χ1v) is 7.00. The number of likely N-dealkylation sites (N-methyl/N-ethyl adjacent to an activating group) is 1. The number of nitrogens with zero attached hydrogens (tertiary/aromatic N) is 2. The number of carboxylic acid groups (broad SMARTS) is 1. The largest absolute Gasteiger partial charge is 0.481 e. The van der Waals surface area contributed by atoms with E-state index in [1.54, 1.807) is 24.3 Å². The van der Waals surface area contributed by atoms with E-state index in [-0.39, 0.29) is 6.54 Å². The van der Waals surface area contributed by atoms with Crippen LogP contribution >= 0.6 is 0 Å². The molecule has 0 fully saturated rings. The molecule has 23 heavy (non-hydrogen) atoms. The lowest BCUT2D eigenvalue weighted by Gasteiger charge is -2.19. The molecule has 8 heteroatoms. The van der Waals surface area contributed by atoms with Crippen molar-refractivity contribution in [3.05, 3.63) is 45.1 Å². The van der Waals surface area contributed by atoms with Gasteiger partial charge in [-0.15, -0.1) is 0 Å². The number of rotatable bonds is 5. The molecule has 0 aliphatic heterocycles. The number of amides is 1. The molecule has 1 heterocycles. The number of carbonyl (C=O) groups is 2. The lowest BCUT2D eigenvalue weighted by atomic mass is 10.2. The zero-order valence-electron chi connectivity index (χ0n) is 12.8. The number of aliphatic carboxylic acids is 1. The second-order valence-electron chi connectivity index (χ2n) is 5.38. The van der Waals surface area contributed by atoms with Crippen molar-refractivity contribution in [2.45, 2.75) is 13.5 Å². The van der Waals surface area contributed by atoms with E-state index in [0.717, 1.165) is 4.57 Å². The van der Waals surface area contributed by atoms with Crippen LogP contribution in [0.15, 0.2) is 33.9 Å². The topological polar surface area (TPSA) is 112 Å². The molecule has 2 rings (SSSR count). The van der Waals surface area contributed by atoms with Crippen molar-refractivity contribution in [3.8, 4) is 0 Å². The average molecular weight is 319 g/mol. The Morgan fingerprint density at radius 1 is 1.30 bits per heavy atom. The second kappa shape index (κ2) is 6.47. The van der Waals surface area contributed by atoms with E-state index >= 15 is 0 Å². The average Bonchev–Trinajstić information content (AvgIpc) is 2.50. The van der Waals surface area contributed by atoms with Crippen molar-refractivity contribution in [1.82, 2.24) is 14.5 Å². The first-order valence-electron chi connectivity index (χ1n) is 7.00. The van der Waals surface area contributed by atoms with Crippen molar-refractivity contribution in [2.75, 3.05) is 13.6 Å². The first kappa shape index (κ1) is 16.5. The molecule has 2 N–H and O–H groups in total. The molecule has 0 saturated heterocycles. The third-order valence-corrected chi connectivity index (χ3v) is 3.58. The number of fused-ring (bicyclic) bond motifs is 1. The van der Waals surface area contributed by atoms with Gasteiger partial charge in [-0.25, -0.2) is 4.79 Å². The predicted octanol–water partition coefficient (Wildman–Crippen LogP) is -0.131. The lowest BCUT2D eigenvalue weighted by Crippen LogP contribution is -2.42. The number of hydrogen-bond donors (Lipinski definition) is 2. The third-order valence-electron chi connectivity index (χ3n) is 3.58. The number of carbonyl (C=O) groups excluding carboxylic acids is 1. The minimum Gasteiger partial charge on any atom is -0.481 e. The molecule has 0 aliphatic carbocycles. The van der Waals surface area contributed by atoms with Crippen molar-refractivity contribution in [2.24, 2.45) is 5.92 Å². The van der Waals surface area contributed by atoms with Crippen LogP contribution in [0.2, 0.25) is 0 Å². The van der Waals surface area contributed by atoms with E-state index in [4.69, 9.17) is 5.11 Å². The highest BCUT2D eigenvalue weighted by molar-refractivity contribution is 5.79. The Kier molecular flexibility index (Phi) is 4.63. The molecule has 1 unspecified atom stereocenters. The smallest absolute Gasteiger partial charge is 0.329 e. The molecule has 122 valence electrons. The molecule has 0 saturated carbocycles. The van der Waals surface area contributed by atoms with Gasteiger partial charge in [0.2, 0.25) is 5.91 Å². The van der Waals surface area contributed by atoms with Crippen LogP contribution in [0, 0.1) is 5.92 Å². The van der Waals surface area contributed by atoms with Gasteiger partial charge in [0.05, 0.1) is 16.8 Å². The van der Waals surface area contributed by atoms with Gasteiger partial charge in [-0.2, -0.15) is 0 Å². The minimum absolute atomic E-state index is 0.00555. The number of para-hydroxylation sites is 1. The number of nitrogens with one attached hydrogen (secondary N) is 1. The molecule has 0 radical (unpaired) electrons. The molecule has 1 aromatic heterocycles. The van der Waals surface area contributed by atoms with Gasteiger partial charge in [-0.1, -0.05) is 19.1 Å². The van der Waals surface area contributed by atoms with Gasteiger partial charge in [0.15, 0.2) is 0 Å². The van der Waals surface area contributed by atoms with E-state index in [2.05, 4.69) is 4.98 Å². The SMILES string of the molecule is CC(CN(C)C(=O)Cn1c(=O)[nH]c2ccccc2c1=O)C(=O)O. The van der Waals surface area contributed by atoms with Crippen LogP contribution in [-0.2, 0) is 16.1 Å². The summed E-state index contributed by atoms with van der Waals surface area (Å²) in [4.78, 5) is 51.0. The Labute approximate surface area is 131 Å². The summed E-state index contributed by atoms with van der Waals surface area (Å²) in [5.41, 5.74) is -0.835. The van der Waals surface area contributed by atoms with Crippen LogP contribution in [0.25, 0.3) is 10.9 Å². The molecule has 0 spiro atoms. The zero-order valence-corrected chi connectivity index (χ0v) is 12.8. The summed E-state index contributed by atoms with van der Waals surface area (Å²) in [7, 11) is 1.43. The lowest BCUT2D eigenvalue weighted by molar-refractivity contribution is -0.142. The normalized spacial score (nSPS) is 12.1. The van der Waals surface area contributed by atoms with Gasteiger partial charge in [0.1, 0.15) is 6.54 Å². The minimum atomic E-state index is -1.02. The van der Waals surface area contributed by atoms with Crippen molar-refractivity contribution in [3.63, 3.8) is 0 Å². The number of aromatic nitrogens is 2.